The Kier molecular flexibility index (Phi) is 5.60. The van der Waals surface area contributed by atoms with Gasteiger partial charge in [-0.1, -0.05) is 0 Å². The molecular formula is C10H20N2O3. The molecule has 5 nitrogen and oxygen atoms in total. The minimum absolute atomic E-state index is 0.0540. The van der Waals surface area contributed by atoms with Gasteiger partial charge in [-0.05, 0) is 6.42 Å². The van der Waals surface area contributed by atoms with Crippen molar-refractivity contribution in [2.75, 3.05) is 47.0 Å². The zero-order valence-corrected chi connectivity index (χ0v) is 9.49. The van der Waals surface area contributed by atoms with Crippen LogP contribution in [0, 0.1) is 0 Å². The van der Waals surface area contributed by atoms with Crippen LogP contribution in [-0.4, -0.2) is 63.9 Å². The number of carbonyl (C=O) groups excluding carboxylic acids is 1. The van der Waals surface area contributed by atoms with Crippen LogP contribution in [0.3, 0.4) is 0 Å². The van der Waals surface area contributed by atoms with Crippen LogP contribution in [0.4, 0.5) is 0 Å². The summed E-state index contributed by atoms with van der Waals surface area (Å²) in [5, 5.41) is 3.14. The molecule has 1 fully saturated rings. The van der Waals surface area contributed by atoms with Crippen LogP contribution >= 0.6 is 0 Å². The molecule has 0 spiro atoms. The number of carbonyl (C=O) groups is 1. The van der Waals surface area contributed by atoms with Crippen molar-refractivity contribution in [2.45, 2.75) is 12.5 Å². The molecule has 0 aromatic rings. The highest BCUT2D eigenvalue weighted by Gasteiger charge is 2.24. The Labute approximate surface area is 90.7 Å². The predicted octanol–water partition coefficient (Wildman–Crippen LogP) is -0.530. The Morgan fingerprint density at radius 3 is 3.07 bits per heavy atom. The fraction of sp³-hybridized carbons (Fsp3) is 0.900. The molecule has 0 aromatic carbocycles. The van der Waals surface area contributed by atoms with Crippen molar-refractivity contribution < 1.29 is 14.3 Å². The molecule has 1 N–H and O–H groups in total. The van der Waals surface area contributed by atoms with Gasteiger partial charge in [-0.2, -0.15) is 0 Å². The Hall–Kier alpha value is -0.650. The molecule has 5 heteroatoms. The van der Waals surface area contributed by atoms with Gasteiger partial charge in [0.05, 0.1) is 6.61 Å². The van der Waals surface area contributed by atoms with Gasteiger partial charge >= 0.3 is 0 Å². The SMILES string of the molecule is COCCCN(C)C(=O)C1CNCCO1. The Morgan fingerprint density at radius 1 is 1.67 bits per heavy atom. The molecule has 1 saturated heterocycles. The topological polar surface area (TPSA) is 50.8 Å². The first-order valence-electron chi connectivity index (χ1n) is 5.32. The molecule has 1 unspecified atom stereocenters. The number of rotatable bonds is 5. The van der Waals surface area contributed by atoms with Crippen LogP contribution in [0.25, 0.3) is 0 Å². The number of hydrogen-bond donors (Lipinski definition) is 1. The Bertz CT molecular complexity index is 193. The summed E-state index contributed by atoms with van der Waals surface area (Å²) in [5.41, 5.74) is 0. The van der Waals surface area contributed by atoms with Gasteiger partial charge in [-0.15, -0.1) is 0 Å². The average Bonchev–Trinajstić information content (AvgIpc) is 2.29. The third-order valence-corrected chi connectivity index (χ3v) is 2.42. The largest absolute Gasteiger partial charge is 0.385 e. The van der Waals surface area contributed by atoms with E-state index in [1.54, 1.807) is 19.1 Å². The van der Waals surface area contributed by atoms with Gasteiger partial charge in [0.2, 0.25) is 0 Å². The van der Waals surface area contributed by atoms with Crippen molar-refractivity contribution in [3.05, 3.63) is 0 Å². The highest BCUT2D eigenvalue weighted by atomic mass is 16.5. The molecule has 0 aliphatic carbocycles. The predicted molar refractivity (Wildman–Crippen MR) is 56.7 cm³/mol. The number of ether oxygens (including phenoxy) is 2. The number of methoxy groups -OCH3 is 1. The molecule has 0 aromatic heterocycles. The summed E-state index contributed by atoms with van der Waals surface area (Å²) in [6.07, 6.45) is 0.546. The molecule has 1 aliphatic rings. The summed E-state index contributed by atoms with van der Waals surface area (Å²) in [6, 6.07) is 0. The molecular weight excluding hydrogens is 196 g/mol. The molecule has 0 saturated carbocycles. The first-order chi connectivity index (χ1) is 7.25. The van der Waals surface area contributed by atoms with Crippen LogP contribution in [0.15, 0.2) is 0 Å². The van der Waals surface area contributed by atoms with Gasteiger partial charge < -0.3 is 19.7 Å². The number of nitrogens with one attached hydrogen (secondary N) is 1. The first-order valence-corrected chi connectivity index (χ1v) is 5.32. The summed E-state index contributed by atoms with van der Waals surface area (Å²) in [5.74, 6) is 0.0540. The molecule has 0 bridgehead atoms. The molecule has 1 rings (SSSR count). The summed E-state index contributed by atoms with van der Waals surface area (Å²) >= 11 is 0. The van der Waals surface area contributed by atoms with E-state index in [0.717, 1.165) is 13.0 Å². The number of morpholine rings is 1. The smallest absolute Gasteiger partial charge is 0.252 e. The molecule has 1 heterocycles. The van der Waals surface area contributed by atoms with Crippen LogP contribution in [0.2, 0.25) is 0 Å². The van der Waals surface area contributed by atoms with E-state index >= 15 is 0 Å². The van der Waals surface area contributed by atoms with E-state index in [2.05, 4.69) is 5.32 Å². The number of likely N-dealkylation sites (N-methyl/N-ethyl adjacent to an activating group) is 1. The van der Waals surface area contributed by atoms with Gasteiger partial charge in [-0.25, -0.2) is 0 Å². The number of hydrogen-bond acceptors (Lipinski definition) is 4. The lowest BCUT2D eigenvalue weighted by Crippen LogP contribution is -2.48. The van der Waals surface area contributed by atoms with Gasteiger partial charge in [0.25, 0.3) is 5.91 Å². The van der Waals surface area contributed by atoms with Crippen molar-refractivity contribution in [3.63, 3.8) is 0 Å². The summed E-state index contributed by atoms with van der Waals surface area (Å²) < 4.78 is 10.3. The van der Waals surface area contributed by atoms with Crippen molar-refractivity contribution in [1.82, 2.24) is 10.2 Å². The lowest BCUT2D eigenvalue weighted by atomic mass is 10.2. The van der Waals surface area contributed by atoms with Gasteiger partial charge in [0.1, 0.15) is 6.10 Å². The average molecular weight is 216 g/mol. The summed E-state index contributed by atoms with van der Waals surface area (Å²) in [6.45, 7) is 3.46. The number of amides is 1. The minimum atomic E-state index is -0.314. The fourth-order valence-corrected chi connectivity index (χ4v) is 1.53. The highest BCUT2D eigenvalue weighted by Crippen LogP contribution is 2.01. The lowest BCUT2D eigenvalue weighted by Gasteiger charge is -2.27. The maximum atomic E-state index is 11.8. The summed E-state index contributed by atoms with van der Waals surface area (Å²) in [4.78, 5) is 13.5. The highest BCUT2D eigenvalue weighted by molar-refractivity contribution is 5.81. The van der Waals surface area contributed by atoms with Crippen molar-refractivity contribution in [2.24, 2.45) is 0 Å². The van der Waals surface area contributed by atoms with E-state index in [0.29, 0.717) is 26.3 Å². The van der Waals surface area contributed by atoms with E-state index in [1.165, 1.54) is 0 Å². The third kappa shape index (κ3) is 4.15. The van der Waals surface area contributed by atoms with Gasteiger partial charge in [-0.3, -0.25) is 4.79 Å². The van der Waals surface area contributed by atoms with Crippen LogP contribution in [-0.2, 0) is 14.3 Å². The quantitative estimate of drug-likeness (QED) is 0.628. The Morgan fingerprint density at radius 2 is 2.47 bits per heavy atom. The van der Waals surface area contributed by atoms with E-state index in [9.17, 15) is 4.79 Å². The Balaban J connectivity index is 2.24. The van der Waals surface area contributed by atoms with Crippen LogP contribution in [0.1, 0.15) is 6.42 Å². The van der Waals surface area contributed by atoms with Crippen molar-refractivity contribution in [1.29, 1.82) is 0 Å². The molecule has 1 amide bonds. The third-order valence-electron chi connectivity index (χ3n) is 2.42. The van der Waals surface area contributed by atoms with Crippen molar-refractivity contribution in [3.8, 4) is 0 Å². The lowest BCUT2D eigenvalue weighted by molar-refractivity contribution is -0.143. The van der Waals surface area contributed by atoms with E-state index in [-0.39, 0.29) is 12.0 Å². The molecule has 1 atom stereocenters. The normalized spacial score (nSPS) is 21.3. The maximum absolute atomic E-state index is 11.8. The molecule has 0 radical (unpaired) electrons. The monoisotopic (exact) mass is 216 g/mol. The number of nitrogens with zero attached hydrogens (tertiary/aromatic N) is 1. The molecule has 88 valence electrons. The second kappa shape index (κ2) is 6.76. The zero-order chi connectivity index (χ0) is 11.1. The van der Waals surface area contributed by atoms with E-state index in [1.807, 2.05) is 0 Å². The summed E-state index contributed by atoms with van der Waals surface area (Å²) in [7, 11) is 3.46. The van der Waals surface area contributed by atoms with Crippen LogP contribution in [0.5, 0.6) is 0 Å². The second-order valence-corrected chi connectivity index (χ2v) is 3.67. The first kappa shape index (κ1) is 12.4. The second-order valence-electron chi connectivity index (χ2n) is 3.67. The van der Waals surface area contributed by atoms with Gasteiger partial charge in [0, 0.05) is 40.4 Å². The molecule has 15 heavy (non-hydrogen) atoms. The van der Waals surface area contributed by atoms with Crippen molar-refractivity contribution >= 4 is 5.91 Å². The fourth-order valence-electron chi connectivity index (χ4n) is 1.53. The minimum Gasteiger partial charge on any atom is -0.385 e. The van der Waals surface area contributed by atoms with E-state index < -0.39 is 0 Å². The maximum Gasteiger partial charge on any atom is 0.252 e. The van der Waals surface area contributed by atoms with Gasteiger partial charge in [0.15, 0.2) is 0 Å². The standard InChI is InChI=1S/C10H20N2O3/c1-12(5-3-6-14-2)10(13)9-8-11-4-7-15-9/h9,11H,3-8H2,1-2H3. The van der Waals surface area contributed by atoms with Crippen LogP contribution < -0.4 is 5.32 Å². The molecule has 1 aliphatic heterocycles. The zero-order valence-electron chi connectivity index (χ0n) is 9.49. The van der Waals surface area contributed by atoms with E-state index in [4.69, 9.17) is 9.47 Å².